The molecule has 1 aromatic carbocycles. The molecule has 0 aliphatic carbocycles. The number of amides is 2. The lowest BCUT2D eigenvalue weighted by Gasteiger charge is -2.28. The number of carbonyl (C=O) groups excluding carboxylic acids is 1. The molecule has 0 fully saturated rings. The van der Waals surface area contributed by atoms with Crippen molar-refractivity contribution in [2.24, 2.45) is 10.7 Å². The molecule has 4 nitrogen and oxygen atoms in total. The van der Waals surface area contributed by atoms with Gasteiger partial charge < -0.3 is 10.6 Å². The van der Waals surface area contributed by atoms with Crippen molar-refractivity contribution < 1.29 is 4.79 Å². The van der Waals surface area contributed by atoms with E-state index in [1.54, 1.807) is 23.1 Å². The maximum absolute atomic E-state index is 11.8. The first-order valence-corrected chi connectivity index (χ1v) is 6.29. The summed E-state index contributed by atoms with van der Waals surface area (Å²) < 4.78 is 0. The Bertz CT molecular complexity index is 528. The largest absolute Gasteiger partial charge is 0.385 e. The van der Waals surface area contributed by atoms with Crippen molar-refractivity contribution in [3.8, 4) is 0 Å². The predicted octanol–water partition coefficient (Wildman–Crippen LogP) is 3.24. The van der Waals surface area contributed by atoms with Crippen LogP contribution < -0.4 is 5.73 Å². The molecule has 1 aliphatic heterocycles. The third-order valence-electron chi connectivity index (χ3n) is 2.84. The Balaban J connectivity index is 2.51. The van der Waals surface area contributed by atoms with E-state index < -0.39 is 6.04 Å². The first-order valence-electron chi connectivity index (χ1n) is 5.53. The third kappa shape index (κ3) is 2.06. The number of nitrogens with zero attached hydrogens (tertiary/aromatic N) is 2. The number of halogens is 2. The first kappa shape index (κ1) is 13.2. The average molecular weight is 286 g/mol. The zero-order valence-electron chi connectivity index (χ0n) is 10.0. The van der Waals surface area contributed by atoms with Gasteiger partial charge in [-0.2, -0.15) is 4.99 Å². The smallest absolute Gasteiger partial charge is 0.346 e. The van der Waals surface area contributed by atoms with Crippen molar-refractivity contribution in [2.75, 3.05) is 0 Å². The minimum atomic E-state index is -0.441. The van der Waals surface area contributed by atoms with Gasteiger partial charge in [-0.15, -0.1) is 0 Å². The molecule has 96 valence electrons. The second-order valence-electron chi connectivity index (χ2n) is 4.37. The molecule has 6 heteroatoms. The van der Waals surface area contributed by atoms with E-state index in [-0.39, 0.29) is 17.9 Å². The predicted molar refractivity (Wildman–Crippen MR) is 73.2 cm³/mol. The van der Waals surface area contributed by atoms with Gasteiger partial charge in [0, 0.05) is 11.6 Å². The number of aliphatic imine (C=N–C) groups is 1. The number of rotatable bonds is 2. The Kier molecular flexibility index (Phi) is 3.50. The summed E-state index contributed by atoms with van der Waals surface area (Å²) in [6.07, 6.45) is 0. The first-order chi connectivity index (χ1) is 8.43. The summed E-state index contributed by atoms with van der Waals surface area (Å²) in [5, 5.41) is 0.840. The highest BCUT2D eigenvalue weighted by Crippen LogP contribution is 2.36. The zero-order chi connectivity index (χ0) is 13.4. The van der Waals surface area contributed by atoms with Gasteiger partial charge in [-0.25, -0.2) is 4.79 Å². The van der Waals surface area contributed by atoms with Gasteiger partial charge in [-0.3, -0.25) is 0 Å². The third-order valence-corrected chi connectivity index (χ3v) is 3.67. The molecule has 0 bridgehead atoms. The Morgan fingerprint density at radius 3 is 2.67 bits per heavy atom. The fraction of sp³-hybridized carbons (Fsp3) is 0.333. The van der Waals surface area contributed by atoms with Crippen LogP contribution in [0.15, 0.2) is 23.2 Å². The number of urea groups is 1. The molecule has 2 N–H and O–H groups in total. The highest BCUT2D eigenvalue weighted by Gasteiger charge is 2.37. The molecule has 0 saturated carbocycles. The van der Waals surface area contributed by atoms with Crippen LogP contribution in [0.2, 0.25) is 10.0 Å². The van der Waals surface area contributed by atoms with Crippen molar-refractivity contribution >= 4 is 35.1 Å². The summed E-state index contributed by atoms with van der Waals surface area (Å²) in [5.41, 5.74) is 6.53. The Morgan fingerprint density at radius 1 is 1.39 bits per heavy atom. The highest BCUT2D eigenvalue weighted by molar-refractivity contribution is 6.42. The Hall–Kier alpha value is -1.26. The van der Waals surface area contributed by atoms with Crippen LogP contribution >= 0.6 is 23.2 Å². The quantitative estimate of drug-likeness (QED) is 0.907. The number of hydrogen-bond donors (Lipinski definition) is 1. The van der Waals surface area contributed by atoms with Gasteiger partial charge in [-0.1, -0.05) is 35.3 Å². The van der Waals surface area contributed by atoms with E-state index in [1.807, 2.05) is 13.8 Å². The average Bonchev–Trinajstić information content (AvgIpc) is 2.57. The second-order valence-corrected chi connectivity index (χ2v) is 5.15. The van der Waals surface area contributed by atoms with Crippen molar-refractivity contribution in [1.29, 1.82) is 0 Å². The Labute approximate surface area is 115 Å². The molecule has 1 atom stereocenters. The summed E-state index contributed by atoms with van der Waals surface area (Å²) in [5.74, 6) is 0.248. The fourth-order valence-corrected chi connectivity index (χ4v) is 2.45. The maximum atomic E-state index is 11.8. The summed E-state index contributed by atoms with van der Waals surface area (Å²) in [6, 6.07) is 4.46. The molecule has 1 heterocycles. The summed E-state index contributed by atoms with van der Waals surface area (Å²) >= 11 is 12.2. The van der Waals surface area contributed by atoms with Gasteiger partial charge in [-0.05, 0) is 19.9 Å². The van der Waals surface area contributed by atoms with E-state index in [2.05, 4.69) is 4.99 Å². The van der Waals surface area contributed by atoms with Gasteiger partial charge in [0.2, 0.25) is 0 Å². The van der Waals surface area contributed by atoms with E-state index in [1.165, 1.54) is 0 Å². The van der Waals surface area contributed by atoms with Crippen LogP contribution in [0.3, 0.4) is 0 Å². The lowest BCUT2D eigenvalue weighted by Crippen LogP contribution is -2.38. The van der Waals surface area contributed by atoms with E-state index in [0.29, 0.717) is 15.6 Å². The molecule has 0 aromatic heterocycles. The van der Waals surface area contributed by atoms with Gasteiger partial charge in [0.05, 0.1) is 10.0 Å². The summed E-state index contributed by atoms with van der Waals surface area (Å²) in [6.45, 7) is 3.80. The molecule has 1 aromatic rings. The normalized spacial score (nSPS) is 19.6. The van der Waals surface area contributed by atoms with Crippen LogP contribution in [-0.2, 0) is 0 Å². The van der Waals surface area contributed by atoms with Crippen molar-refractivity contribution in [3.63, 3.8) is 0 Å². The van der Waals surface area contributed by atoms with Crippen molar-refractivity contribution in [2.45, 2.75) is 25.9 Å². The standard InChI is InChI=1S/C12H13Cl2N3O/c1-6(2)17-10(11(15)16-12(17)18)7-4-3-5-8(13)9(7)14/h3-6,10H,1-2H3,(H2,15,16,18). The molecular formula is C12H13Cl2N3O. The lowest BCUT2D eigenvalue weighted by atomic mass is 10.0. The number of benzene rings is 1. The minimum absolute atomic E-state index is 0.0256. The van der Waals surface area contributed by atoms with Gasteiger partial charge in [0.25, 0.3) is 0 Å². The van der Waals surface area contributed by atoms with Crippen LogP contribution in [0.5, 0.6) is 0 Å². The van der Waals surface area contributed by atoms with Gasteiger partial charge in [0.15, 0.2) is 0 Å². The number of nitrogens with two attached hydrogens (primary N) is 1. The molecule has 1 unspecified atom stereocenters. The van der Waals surface area contributed by atoms with E-state index in [9.17, 15) is 4.79 Å². The maximum Gasteiger partial charge on any atom is 0.346 e. The lowest BCUT2D eigenvalue weighted by molar-refractivity contribution is 0.190. The molecule has 2 amide bonds. The van der Waals surface area contributed by atoms with Crippen molar-refractivity contribution in [3.05, 3.63) is 33.8 Å². The summed E-state index contributed by atoms with van der Waals surface area (Å²) in [4.78, 5) is 17.2. The van der Waals surface area contributed by atoms with E-state index in [4.69, 9.17) is 28.9 Å². The molecule has 18 heavy (non-hydrogen) atoms. The van der Waals surface area contributed by atoms with Crippen LogP contribution in [0.4, 0.5) is 4.79 Å². The SMILES string of the molecule is CC(C)N1C(=O)N=C(N)C1c1cccc(Cl)c1Cl. The second kappa shape index (κ2) is 4.78. The number of amidine groups is 1. The molecule has 0 saturated heterocycles. The molecule has 2 rings (SSSR count). The minimum Gasteiger partial charge on any atom is -0.385 e. The molecule has 0 radical (unpaired) electrons. The summed E-state index contributed by atoms with van der Waals surface area (Å²) in [7, 11) is 0. The van der Waals surface area contributed by atoms with Crippen LogP contribution in [-0.4, -0.2) is 22.8 Å². The van der Waals surface area contributed by atoms with Crippen LogP contribution in [0.1, 0.15) is 25.5 Å². The van der Waals surface area contributed by atoms with E-state index >= 15 is 0 Å². The highest BCUT2D eigenvalue weighted by atomic mass is 35.5. The Morgan fingerprint density at radius 2 is 2.06 bits per heavy atom. The van der Waals surface area contributed by atoms with Gasteiger partial charge in [0.1, 0.15) is 11.9 Å². The number of carbonyl (C=O) groups is 1. The van der Waals surface area contributed by atoms with Gasteiger partial charge >= 0.3 is 6.03 Å². The monoisotopic (exact) mass is 285 g/mol. The van der Waals surface area contributed by atoms with Crippen LogP contribution in [0.25, 0.3) is 0 Å². The van der Waals surface area contributed by atoms with Crippen molar-refractivity contribution in [1.82, 2.24) is 4.90 Å². The fourth-order valence-electron chi connectivity index (χ4n) is 2.04. The number of hydrogen-bond acceptors (Lipinski definition) is 2. The molecule has 1 aliphatic rings. The van der Waals surface area contributed by atoms with Crippen LogP contribution in [0, 0.1) is 0 Å². The topological polar surface area (TPSA) is 58.7 Å². The molecule has 0 spiro atoms. The zero-order valence-corrected chi connectivity index (χ0v) is 11.5. The van der Waals surface area contributed by atoms with E-state index in [0.717, 1.165) is 0 Å². The molecular weight excluding hydrogens is 273 g/mol.